The summed E-state index contributed by atoms with van der Waals surface area (Å²) in [4.78, 5) is 16.0. The summed E-state index contributed by atoms with van der Waals surface area (Å²) in [6.45, 7) is 2.82. The number of rotatable bonds is 4. The van der Waals surface area contributed by atoms with Crippen molar-refractivity contribution >= 4 is 17.2 Å². The van der Waals surface area contributed by atoms with E-state index in [9.17, 15) is 4.79 Å². The molecule has 1 aliphatic rings. The van der Waals surface area contributed by atoms with Gasteiger partial charge in [-0.3, -0.25) is 4.79 Å². The first-order chi connectivity index (χ1) is 9.63. The highest BCUT2D eigenvalue weighted by molar-refractivity contribution is 7.10. The average molecular weight is 285 g/mol. The highest BCUT2D eigenvalue weighted by Gasteiger charge is 2.52. The van der Waals surface area contributed by atoms with Crippen molar-refractivity contribution in [3.63, 3.8) is 0 Å². The van der Waals surface area contributed by atoms with E-state index in [1.165, 1.54) is 16.0 Å². The van der Waals surface area contributed by atoms with E-state index in [1.807, 2.05) is 30.1 Å². The minimum Gasteiger partial charge on any atom is -0.340 e. The highest BCUT2D eigenvalue weighted by Crippen LogP contribution is 2.49. The summed E-state index contributed by atoms with van der Waals surface area (Å²) in [5.74, 6) is 0.261. The minimum atomic E-state index is -0.249. The molecule has 1 aromatic carbocycles. The van der Waals surface area contributed by atoms with Crippen LogP contribution in [0, 0.1) is 6.92 Å². The second kappa shape index (κ2) is 5.06. The Morgan fingerprint density at radius 2 is 1.95 bits per heavy atom. The maximum Gasteiger partial charge on any atom is 0.233 e. The largest absolute Gasteiger partial charge is 0.340 e. The van der Waals surface area contributed by atoms with Crippen LogP contribution in [-0.4, -0.2) is 17.9 Å². The van der Waals surface area contributed by atoms with Crippen LogP contribution in [0.15, 0.2) is 41.8 Å². The fraction of sp³-hybridized carbons (Fsp3) is 0.353. The summed E-state index contributed by atoms with van der Waals surface area (Å²) in [6, 6.07) is 12.3. The van der Waals surface area contributed by atoms with Crippen LogP contribution in [0.2, 0.25) is 0 Å². The highest BCUT2D eigenvalue weighted by atomic mass is 32.1. The molecule has 1 amide bonds. The number of aryl methyl sites for hydroxylation is 1. The summed E-state index contributed by atoms with van der Waals surface area (Å²) < 4.78 is 0. The minimum absolute atomic E-state index is 0.249. The maximum absolute atomic E-state index is 12.8. The smallest absolute Gasteiger partial charge is 0.233 e. The van der Waals surface area contributed by atoms with Crippen LogP contribution in [0.25, 0.3) is 0 Å². The van der Waals surface area contributed by atoms with Gasteiger partial charge < -0.3 is 4.90 Å². The molecule has 0 N–H and O–H groups in total. The monoisotopic (exact) mass is 285 g/mol. The van der Waals surface area contributed by atoms with E-state index in [1.54, 1.807) is 11.3 Å². The van der Waals surface area contributed by atoms with Crippen LogP contribution < -0.4 is 0 Å². The van der Waals surface area contributed by atoms with Gasteiger partial charge in [0.1, 0.15) is 0 Å². The van der Waals surface area contributed by atoms with Crippen LogP contribution in [0.5, 0.6) is 0 Å². The number of nitrogens with zero attached hydrogens (tertiary/aromatic N) is 1. The standard InChI is InChI=1S/C17H19NOS/c1-13-8-11-20-15(13)12-18(2)16(19)17(9-10-17)14-6-4-3-5-7-14/h3-8,11H,9-10,12H2,1-2H3. The molecule has 0 spiro atoms. The molecule has 1 aromatic heterocycles. The molecule has 0 saturated heterocycles. The Labute approximate surface area is 124 Å². The van der Waals surface area contributed by atoms with Gasteiger partial charge in [-0.15, -0.1) is 11.3 Å². The van der Waals surface area contributed by atoms with Crippen LogP contribution in [-0.2, 0) is 16.8 Å². The molecule has 0 radical (unpaired) electrons. The van der Waals surface area contributed by atoms with Gasteiger partial charge in [-0.25, -0.2) is 0 Å². The zero-order chi connectivity index (χ0) is 14.2. The number of benzene rings is 1. The topological polar surface area (TPSA) is 20.3 Å². The molecule has 0 bridgehead atoms. The molecule has 0 atom stereocenters. The van der Waals surface area contributed by atoms with Gasteiger partial charge in [0.15, 0.2) is 0 Å². The lowest BCUT2D eigenvalue weighted by molar-refractivity contribution is -0.133. The second-order valence-corrected chi connectivity index (χ2v) is 6.64. The number of hydrogen-bond donors (Lipinski definition) is 0. The van der Waals surface area contributed by atoms with Crippen molar-refractivity contribution in [3.05, 3.63) is 57.8 Å². The van der Waals surface area contributed by atoms with E-state index in [-0.39, 0.29) is 11.3 Å². The molecule has 1 fully saturated rings. The van der Waals surface area contributed by atoms with E-state index in [0.29, 0.717) is 0 Å². The molecule has 1 aliphatic carbocycles. The normalized spacial score (nSPS) is 15.9. The first-order valence-electron chi connectivity index (χ1n) is 6.97. The zero-order valence-corrected chi connectivity index (χ0v) is 12.7. The summed E-state index contributed by atoms with van der Waals surface area (Å²) in [5, 5.41) is 2.09. The summed E-state index contributed by atoms with van der Waals surface area (Å²) in [5.41, 5.74) is 2.19. The summed E-state index contributed by atoms with van der Waals surface area (Å²) in [7, 11) is 1.92. The Balaban J connectivity index is 1.77. The quantitative estimate of drug-likeness (QED) is 0.838. The van der Waals surface area contributed by atoms with Gasteiger partial charge in [0.25, 0.3) is 0 Å². The van der Waals surface area contributed by atoms with Crippen LogP contribution in [0.4, 0.5) is 0 Å². The number of thiophene rings is 1. The van der Waals surface area contributed by atoms with E-state index in [4.69, 9.17) is 0 Å². The van der Waals surface area contributed by atoms with E-state index >= 15 is 0 Å². The molecular formula is C17H19NOS. The van der Waals surface area contributed by atoms with E-state index < -0.39 is 0 Å². The molecule has 2 aromatic rings. The summed E-state index contributed by atoms with van der Waals surface area (Å²) >= 11 is 1.73. The van der Waals surface area contributed by atoms with Gasteiger partial charge in [-0.05, 0) is 42.3 Å². The van der Waals surface area contributed by atoms with Crippen molar-refractivity contribution in [1.29, 1.82) is 0 Å². The number of carbonyl (C=O) groups excluding carboxylic acids is 1. The number of amides is 1. The molecule has 1 heterocycles. The molecule has 104 valence electrons. The van der Waals surface area contributed by atoms with Crippen molar-refractivity contribution in [2.75, 3.05) is 7.05 Å². The fourth-order valence-electron chi connectivity index (χ4n) is 2.73. The van der Waals surface area contributed by atoms with Crippen LogP contribution in [0.1, 0.15) is 28.8 Å². The van der Waals surface area contributed by atoms with Crippen molar-refractivity contribution in [2.45, 2.75) is 31.7 Å². The SMILES string of the molecule is Cc1ccsc1CN(C)C(=O)C1(c2ccccc2)CC1. The van der Waals surface area contributed by atoms with Gasteiger partial charge >= 0.3 is 0 Å². The van der Waals surface area contributed by atoms with Crippen LogP contribution in [0.3, 0.4) is 0 Å². The molecule has 0 aliphatic heterocycles. The lowest BCUT2D eigenvalue weighted by atomic mass is 9.94. The lowest BCUT2D eigenvalue weighted by Crippen LogP contribution is -2.36. The maximum atomic E-state index is 12.8. The van der Waals surface area contributed by atoms with Gasteiger partial charge in [0, 0.05) is 11.9 Å². The van der Waals surface area contributed by atoms with Gasteiger partial charge in [0.05, 0.1) is 12.0 Å². The molecular weight excluding hydrogens is 266 g/mol. The molecule has 20 heavy (non-hydrogen) atoms. The molecule has 3 heteroatoms. The first kappa shape index (κ1) is 13.4. The van der Waals surface area contributed by atoms with E-state index in [2.05, 4.69) is 30.5 Å². The Morgan fingerprint density at radius 3 is 2.50 bits per heavy atom. The molecule has 2 nitrogen and oxygen atoms in total. The fourth-order valence-corrected chi connectivity index (χ4v) is 3.69. The van der Waals surface area contributed by atoms with Crippen molar-refractivity contribution < 1.29 is 4.79 Å². The third kappa shape index (κ3) is 2.27. The third-order valence-corrected chi connectivity index (χ3v) is 5.19. The first-order valence-corrected chi connectivity index (χ1v) is 7.85. The van der Waals surface area contributed by atoms with Crippen LogP contribution >= 0.6 is 11.3 Å². The lowest BCUT2D eigenvalue weighted by Gasteiger charge is -2.23. The Morgan fingerprint density at radius 1 is 1.25 bits per heavy atom. The predicted molar refractivity (Wildman–Crippen MR) is 82.9 cm³/mol. The molecule has 1 saturated carbocycles. The van der Waals surface area contributed by atoms with Crippen molar-refractivity contribution in [2.24, 2.45) is 0 Å². The predicted octanol–water partition coefficient (Wildman–Crippen LogP) is 3.75. The van der Waals surface area contributed by atoms with E-state index in [0.717, 1.165) is 19.4 Å². The third-order valence-electron chi connectivity index (χ3n) is 4.18. The molecule has 3 rings (SSSR count). The Bertz CT molecular complexity index is 613. The Kier molecular flexibility index (Phi) is 3.38. The van der Waals surface area contributed by atoms with Crippen molar-refractivity contribution in [3.8, 4) is 0 Å². The van der Waals surface area contributed by atoms with Gasteiger partial charge in [-0.1, -0.05) is 30.3 Å². The summed E-state index contributed by atoms with van der Waals surface area (Å²) in [6.07, 6.45) is 1.95. The van der Waals surface area contributed by atoms with Gasteiger partial charge in [0.2, 0.25) is 5.91 Å². The van der Waals surface area contributed by atoms with Crippen molar-refractivity contribution in [1.82, 2.24) is 4.90 Å². The second-order valence-electron chi connectivity index (χ2n) is 5.64. The molecule has 0 unspecified atom stereocenters. The number of likely N-dealkylation sites (N-methyl/N-ethyl adjacent to an activating group) is 1. The number of carbonyl (C=O) groups is 1. The van der Waals surface area contributed by atoms with Gasteiger partial charge in [-0.2, -0.15) is 0 Å². The Hall–Kier alpha value is -1.61. The zero-order valence-electron chi connectivity index (χ0n) is 11.9. The number of hydrogen-bond acceptors (Lipinski definition) is 2. The average Bonchev–Trinajstić information content (AvgIpc) is 3.19.